The molecule has 1 aromatic heterocycles. The molecular weight excluding hydrogens is 514 g/mol. The Bertz CT molecular complexity index is 1500. The largest absolute Gasteiger partial charge is 0.439 e. The summed E-state index contributed by atoms with van der Waals surface area (Å²) in [5.74, 6) is -1.14. The van der Waals surface area contributed by atoms with Crippen LogP contribution in [0.5, 0.6) is 11.6 Å². The molecule has 2 heterocycles. The van der Waals surface area contributed by atoms with Crippen molar-refractivity contribution in [2.45, 2.75) is 36.4 Å². The number of hydrogen-bond donors (Lipinski definition) is 1. The second-order valence-electron chi connectivity index (χ2n) is 9.24. The van der Waals surface area contributed by atoms with Crippen molar-refractivity contribution in [3.8, 4) is 17.7 Å². The number of nitrogens with two attached hydrogens (primary N) is 1. The topological polar surface area (TPSA) is 128 Å². The monoisotopic (exact) mass is 540 g/mol. The highest BCUT2D eigenvalue weighted by Crippen LogP contribution is 2.42. The van der Waals surface area contributed by atoms with Crippen LogP contribution in [0.1, 0.15) is 48.3 Å². The fraction of sp³-hybridized carbons (Fsp3) is 0.296. The number of aromatic nitrogens is 1. The van der Waals surface area contributed by atoms with E-state index in [9.17, 15) is 12.8 Å². The number of nitrogens with zero attached hydrogens (tertiary/aromatic N) is 3. The molecule has 0 unspecified atom stereocenters. The quantitative estimate of drug-likeness (QED) is 0.505. The van der Waals surface area contributed by atoms with Crippen LogP contribution in [0.3, 0.4) is 0 Å². The highest BCUT2D eigenvalue weighted by atomic mass is 32.2. The second-order valence-corrected chi connectivity index (χ2v) is 11.9. The first-order valence-electron chi connectivity index (χ1n) is 11.8. The average Bonchev–Trinajstić information content (AvgIpc) is 2.89. The van der Waals surface area contributed by atoms with Gasteiger partial charge in [-0.2, -0.15) is 5.26 Å². The van der Waals surface area contributed by atoms with E-state index in [1.165, 1.54) is 68.6 Å². The van der Waals surface area contributed by atoms with E-state index in [1.807, 2.05) is 6.07 Å². The van der Waals surface area contributed by atoms with Gasteiger partial charge < -0.3 is 15.2 Å². The van der Waals surface area contributed by atoms with E-state index >= 15 is 4.39 Å². The highest BCUT2D eigenvalue weighted by molar-refractivity contribution is 7.93. The van der Waals surface area contributed by atoms with Crippen molar-refractivity contribution in [1.82, 2.24) is 4.98 Å². The molecular formula is C27H26F2N4O4S. The third-order valence-electron chi connectivity index (χ3n) is 6.47. The van der Waals surface area contributed by atoms with E-state index in [-0.39, 0.29) is 42.6 Å². The predicted molar refractivity (Wildman–Crippen MR) is 137 cm³/mol. The summed E-state index contributed by atoms with van der Waals surface area (Å²) in [5.41, 5.74) is 6.79. The van der Waals surface area contributed by atoms with Crippen LogP contribution in [0.15, 0.2) is 65.8 Å². The maximum absolute atomic E-state index is 15.4. The van der Waals surface area contributed by atoms with Gasteiger partial charge in [0.25, 0.3) is 0 Å². The standard InChI is InChI=1S/C27H26F2N4O4S/c1-27(2)26(31)33-11-12-36-23(18-3-5-19(28)6-4-18)15-24(38(27,34)35)21-14-20(7-8-22(21)29)37-25-13-17(16-30)9-10-32-25/h3-10,13-14,23-24H,11-12,15H2,1-2H3,(H2,31,33)/t23-,24-/m1/s1. The van der Waals surface area contributed by atoms with Crippen LogP contribution < -0.4 is 10.5 Å². The minimum Gasteiger partial charge on any atom is -0.439 e. The van der Waals surface area contributed by atoms with Crippen LogP contribution in [0.2, 0.25) is 0 Å². The molecule has 2 aromatic carbocycles. The molecule has 0 bridgehead atoms. The Kier molecular flexibility index (Phi) is 7.76. The predicted octanol–water partition coefficient (Wildman–Crippen LogP) is 4.78. The summed E-state index contributed by atoms with van der Waals surface area (Å²) < 4.78 is 67.2. The third-order valence-corrected chi connectivity index (χ3v) is 9.29. The number of amidine groups is 1. The number of rotatable bonds is 4. The lowest BCUT2D eigenvalue weighted by atomic mass is 10.00. The van der Waals surface area contributed by atoms with E-state index in [2.05, 4.69) is 9.98 Å². The molecule has 8 nitrogen and oxygen atoms in total. The molecule has 0 saturated carbocycles. The SMILES string of the molecule is CC1(C)C(N)=NCCO[C@@H](c2ccc(F)cc2)C[C@H](c2cc(Oc3cc(C#N)ccn3)ccc2F)S1(=O)=O. The van der Waals surface area contributed by atoms with Crippen LogP contribution in [0, 0.1) is 23.0 Å². The molecule has 0 spiro atoms. The van der Waals surface area contributed by atoms with Crippen LogP contribution in [0.25, 0.3) is 0 Å². The number of ether oxygens (including phenoxy) is 2. The molecule has 4 rings (SSSR count). The lowest BCUT2D eigenvalue weighted by Crippen LogP contribution is -2.48. The van der Waals surface area contributed by atoms with Gasteiger partial charge in [0.15, 0.2) is 9.84 Å². The number of benzene rings is 2. The molecule has 0 aliphatic carbocycles. The lowest BCUT2D eigenvalue weighted by molar-refractivity contribution is 0.0508. The maximum Gasteiger partial charge on any atom is 0.220 e. The van der Waals surface area contributed by atoms with Gasteiger partial charge in [-0.25, -0.2) is 22.2 Å². The zero-order chi connectivity index (χ0) is 27.5. The normalized spacial score (nSPS) is 21.1. The zero-order valence-corrected chi connectivity index (χ0v) is 21.6. The lowest BCUT2D eigenvalue weighted by Gasteiger charge is -2.33. The summed E-state index contributed by atoms with van der Waals surface area (Å²) in [4.78, 5) is 8.24. The first kappa shape index (κ1) is 27.2. The van der Waals surface area contributed by atoms with Crippen molar-refractivity contribution < 1.29 is 26.7 Å². The summed E-state index contributed by atoms with van der Waals surface area (Å²) in [6.07, 6.45) is 0.408. The van der Waals surface area contributed by atoms with Gasteiger partial charge in [-0.3, -0.25) is 4.99 Å². The molecule has 0 amide bonds. The molecule has 2 atom stereocenters. The van der Waals surface area contributed by atoms with E-state index < -0.39 is 37.6 Å². The first-order chi connectivity index (χ1) is 18.0. The Hall–Kier alpha value is -3.88. The molecule has 3 aromatic rings. The summed E-state index contributed by atoms with van der Waals surface area (Å²) in [6, 6.07) is 14.1. The third kappa shape index (κ3) is 5.51. The summed E-state index contributed by atoms with van der Waals surface area (Å²) in [6.45, 7) is 3.11. The number of halogens is 2. The highest BCUT2D eigenvalue weighted by Gasteiger charge is 2.46. The molecule has 38 heavy (non-hydrogen) atoms. The molecule has 0 saturated heterocycles. The van der Waals surface area contributed by atoms with Crippen LogP contribution in [0.4, 0.5) is 8.78 Å². The Labute approximate surface area is 219 Å². The summed E-state index contributed by atoms with van der Waals surface area (Å²) in [5, 5.41) is 7.70. The number of aliphatic imine (C=N–C) groups is 1. The fourth-order valence-corrected chi connectivity index (χ4v) is 6.14. The Morgan fingerprint density at radius 2 is 1.87 bits per heavy atom. The van der Waals surface area contributed by atoms with Crippen LogP contribution in [-0.2, 0) is 14.6 Å². The van der Waals surface area contributed by atoms with Crippen molar-refractivity contribution in [3.63, 3.8) is 0 Å². The molecule has 198 valence electrons. The van der Waals surface area contributed by atoms with Crippen LogP contribution >= 0.6 is 0 Å². The van der Waals surface area contributed by atoms with Crippen molar-refractivity contribution in [3.05, 3.63) is 89.1 Å². The number of sulfone groups is 1. The number of nitriles is 1. The van der Waals surface area contributed by atoms with E-state index in [0.717, 1.165) is 6.07 Å². The maximum atomic E-state index is 15.4. The summed E-state index contributed by atoms with van der Waals surface area (Å²) in [7, 11) is -4.24. The zero-order valence-electron chi connectivity index (χ0n) is 20.8. The molecule has 1 aliphatic rings. The van der Waals surface area contributed by atoms with Crippen molar-refractivity contribution in [2.75, 3.05) is 13.2 Å². The van der Waals surface area contributed by atoms with E-state index in [4.69, 9.17) is 20.5 Å². The minimum absolute atomic E-state index is 0.0830. The van der Waals surface area contributed by atoms with Gasteiger partial charge in [-0.15, -0.1) is 0 Å². The van der Waals surface area contributed by atoms with Gasteiger partial charge in [0, 0.05) is 17.8 Å². The Morgan fingerprint density at radius 1 is 1.13 bits per heavy atom. The first-order valence-corrected chi connectivity index (χ1v) is 13.3. The molecule has 0 radical (unpaired) electrons. The van der Waals surface area contributed by atoms with Crippen molar-refractivity contribution in [2.24, 2.45) is 10.7 Å². The smallest absolute Gasteiger partial charge is 0.220 e. The number of hydrogen-bond acceptors (Lipinski definition) is 8. The molecule has 11 heteroatoms. The van der Waals surface area contributed by atoms with Gasteiger partial charge >= 0.3 is 0 Å². The fourth-order valence-electron chi connectivity index (χ4n) is 4.13. The van der Waals surface area contributed by atoms with E-state index in [1.54, 1.807) is 0 Å². The summed E-state index contributed by atoms with van der Waals surface area (Å²) >= 11 is 0. The Balaban J connectivity index is 1.83. The van der Waals surface area contributed by atoms with Gasteiger partial charge in [0.05, 0.1) is 36.1 Å². The van der Waals surface area contributed by atoms with Crippen LogP contribution in [-0.4, -0.2) is 37.1 Å². The van der Waals surface area contributed by atoms with Gasteiger partial charge in [-0.05, 0) is 62.2 Å². The van der Waals surface area contributed by atoms with Crippen molar-refractivity contribution >= 4 is 15.7 Å². The van der Waals surface area contributed by atoms with Gasteiger partial charge in [-0.1, -0.05) is 12.1 Å². The minimum atomic E-state index is -4.24. The second kappa shape index (κ2) is 10.8. The Morgan fingerprint density at radius 3 is 2.58 bits per heavy atom. The molecule has 1 aliphatic heterocycles. The van der Waals surface area contributed by atoms with Crippen molar-refractivity contribution in [1.29, 1.82) is 5.26 Å². The van der Waals surface area contributed by atoms with Gasteiger partial charge in [0.1, 0.15) is 28.0 Å². The molecule has 2 N–H and O–H groups in total. The number of pyridine rings is 1. The van der Waals surface area contributed by atoms with E-state index in [0.29, 0.717) is 11.1 Å². The average molecular weight is 541 g/mol. The molecule has 0 fully saturated rings. The van der Waals surface area contributed by atoms with Gasteiger partial charge in [0.2, 0.25) is 5.88 Å².